The van der Waals surface area contributed by atoms with Crippen molar-refractivity contribution in [3.8, 4) is 0 Å². The van der Waals surface area contributed by atoms with E-state index in [2.05, 4.69) is 41.5 Å². The Balaban J connectivity index is 2.10. The summed E-state index contributed by atoms with van der Waals surface area (Å²) in [6.07, 6.45) is 7.79. The van der Waals surface area contributed by atoms with E-state index in [0.717, 1.165) is 25.2 Å². The highest BCUT2D eigenvalue weighted by Gasteiger charge is 2.34. The molecule has 0 amide bonds. The van der Waals surface area contributed by atoms with Gasteiger partial charge in [-0.25, -0.2) is 0 Å². The van der Waals surface area contributed by atoms with Crippen LogP contribution < -0.4 is 0 Å². The maximum atomic E-state index is 12.4. The molecule has 0 aromatic rings. The average Bonchev–Trinajstić information content (AvgIpc) is 2.37. The molecule has 0 spiro atoms. The van der Waals surface area contributed by atoms with E-state index in [0.29, 0.717) is 22.5 Å². The number of carbonyl (C=O) groups is 1. The van der Waals surface area contributed by atoms with E-state index < -0.39 is 0 Å². The molecule has 1 heteroatoms. The zero-order valence-electron chi connectivity index (χ0n) is 15.0. The van der Waals surface area contributed by atoms with Crippen LogP contribution in [0.3, 0.4) is 0 Å². The van der Waals surface area contributed by atoms with Gasteiger partial charge in [0.2, 0.25) is 0 Å². The summed E-state index contributed by atoms with van der Waals surface area (Å²) in [6.45, 7) is 14.1. The van der Waals surface area contributed by atoms with Crippen molar-refractivity contribution in [2.45, 2.75) is 86.5 Å². The molecule has 0 N–H and O–H groups in total. The summed E-state index contributed by atoms with van der Waals surface area (Å²) in [5, 5.41) is 0. The second-order valence-electron chi connectivity index (χ2n) is 9.45. The number of ketones is 1. The van der Waals surface area contributed by atoms with Gasteiger partial charge in [-0.15, -0.1) is 0 Å². The Hall–Kier alpha value is -0.590. The molecular weight excluding hydrogens is 256 g/mol. The summed E-state index contributed by atoms with van der Waals surface area (Å²) < 4.78 is 0. The zero-order chi connectivity index (χ0) is 15.8. The van der Waals surface area contributed by atoms with Crippen molar-refractivity contribution in [2.75, 3.05) is 0 Å². The molecule has 1 nitrogen and oxygen atoms in total. The summed E-state index contributed by atoms with van der Waals surface area (Å²) in [5.74, 6) is 1.96. The van der Waals surface area contributed by atoms with Crippen molar-refractivity contribution in [1.29, 1.82) is 0 Å². The summed E-state index contributed by atoms with van der Waals surface area (Å²) in [6, 6.07) is 0. The van der Waals surface area contributed by atoms with Gasteiger partial charge < -0.3 is 0 Å². The Kier molecular flexibility index (Phi) is 4.71. The second kappa shape index (κ2) is 5.89. The van der Waals surface area contributed by atoms with E-state index in [1.807, 2.05) is 0 Å². The van der Waals surface area contributed by atoms with Gasteiger partial charge >= 0.3 is 0 Å². The van der Waals surface area contributed by atoms with Crippen LogP contribution in [0.25, 0.3) is 0 Å². The molecule has 21 heavy (non-hydrogen) atoms. The molecule has 0 heterocycles. The van der Waals surface area contributed by atoms with Crippen LogP contribution in [0.1, 0.15) is 86.5 Å². The van der Waals surface area contributed by atoms with Crippen LogP contribution in [0.2, 0.25) is 0 Å². The standard InChI is InChI=1S/C20H34O/c1-19(2,3)15-9-7-14(8-10-15)17-13-16(20(4,5)6)11-12-18(17)21/h15-16H,7-13H2,1-6H3. The predicted molar refractivity (Wildman–Crippen MR) is 90.2 cm³/mol. The van der Waals surface area contributed by atoms with Crippen LogP contribution in [0.5, 0.6) is 0 Å². The minimum atomic E-state index is 0.328. The molecule has 2 aliphatic rings. The fourth-order valence-electron chi connectivity index (χ4n) is 4.13. The van der Waals surface area contributed by atoms with Gasteiger partial charge in [-0.05, 0) is 66.8 Å². The topological polar surface area (TPSA) is 17.1 Å². The van der Waals surface area contributed by atoms with E-state index in [9.17, 15) is 4.79 Å². The summed E-state index contributed by atoms with van der Waals surface area (Å²) in [5.41, 5.74) is 3.48. The summed E-state index contributed by atoms with van der Waals surface area (Å²) in [4.78, 5) is 12.4. The van der Waals surface area contributed by atoms with E-state index in [4.69, 9.17) is 0 Å². The van der Waals surface area contributed by atoms with Gasteiger partial charge in [0.25, 0.3) is 0 Å². The first kappa shape index (κ1) is 16.8. The predicted octanol–water partition coefficient (Wildman–Crippen LogP) is 5.93. The molecule has 1 unspecified atom stereocenters. The van der Waals surface area contributed by atoms with Crippen molar-refractivity contribution in [1.82, 2.24) is 0 Å². The van der Waals surface area contributed by atoms with Gasteiger partial charge in [-0.2, -0.15) is 0 Å². The number of hydrogen-bond donors (Lipinski definition) is 0. The first-order valence-electron chi connectivity index (χ1n) is 8.83. The molecule has 1 atom stereocenters. The number of Topliss-reactive ketones (excluding diaryl/α,β-unsaturated/α-hetero) is 1. The van der Waals surface area contributed by atoms with E-state index in [-0.39, 0.29) is 0 Å². The average molecular weight is 290 g/mol. The van der Waals surface area contributed by atoms with Crippen LogP contribution in [0.4, 0.5) is 0 Å². The highest BCUT2D eigenvalue weighted by molar-refractivity contribution is 5.96. The van der Waals surface area contributed by atoms with Gasteiger partial charge in [0.1, 0.15) is 0 Å². The van der Waals surface area contributed by atoms with Gasteiger partial charge in [-0.1, -0.05) is 47.1 Å². The minimum absolute atomic E-state index is 0.328. The maximum Gasteiger partial charge on any atom is 0.158 e. The van der Waals surface area contributed by atoms with Crippen molar-refractivity contribution < 1.29 is 4.79 Å². The second-order valence-corrected chi connectivity index (χ2v) is 9.45. The van der Waals surface area contributed by atoms with Gasteiger partial charge in [0.05, 0.1) is 0 Å². The Morgan fingerprint density at radius 3 is 1.71 bits per heavy atom. The smallest absolute Gasteiger partial charge is 0.158 e. The van der Waals surface area contributed by atoms with E-state index in [1.165, 1.54) is 36.8 Å². The van der Waals surface area contributed by atoms with Crippen LogP contribution in [-0.2, 0) is 4.79 Å². The fraction of sp³-hybridized carbons (Fsp3) is 0.850. The quantitative estimate of drug-likeness (QED) is 0.505. The first-order chi connectivity index (χ1) is 9.59. The number of carbonyl (C=O) groups excluding carboxylic acids is 1. The Bertz CT molecular complexity index is 418. The van der Waals surface area contributed by atoms with Crippen molar-refractivity contribution >= 4 is 5.78 Å². The first-order valence-corrected chi connectivity index (χ1v) is 8.83. The molecule has 2 rings (SSSR count). The highest BCUT2D eigenvalue weighted by atomic mass is 16.1. The van der Waals surface area contributed by atoms with E-state index in [1.54, 1.807) is 0 Å². The summed E-state index contributed by atoms with van der Waals surface area (Å²) in [7, 11) is 0. The molecule has 0 bridgehead atoms. The highest BCUT2D eigenvalue weighted by Crippen LogP contribution is 2.44. The maximum absolute atomic E-state index is 12.4. The van der Waals surface area contributed by atoms with Crippen LogP contribution in [0.15, 0.2) is 11.1 Å². The largest absolute Gasteiger partial charge is 0.295 e. The molecule has 0 saturated heterocycles. The molecule has 2 saturated carbocycles. The molecule has 2 fully saturated rings. The van der Waals surface area contributed by atoms with Crippen LogP contribution in [-0.4, -0.2) is 5.78 Å². The van der Waals surface area contributed by atoms with Crippen molar-refractivity contribution in [3.63, 3.8) is 0 Å². The van der Waals surface area contributed by atoms with Crippen molar-refractivity contribution in [3.05, 3.63) is 11.1 Å². The Morgan fingerprint density at radius 1 is 0.762 bits per heavy atom. The molecular formula is C20H34O. The molecule has 0 aromatic carbocycles. The summed E-state index contributed by atoms with van der Waals surface area (Å²) >= 11 is 0. The zero-order valence-corrected chi connectivity index (χ0v) is 15.0. The molecule has 2 aliphatic carbocycles. The fourth-order valence-corrected chi connectivity index (χ4v) is 4.13. The minimum Gasteiger partial charge on any atom is -0.295 e. The number of hydrogen-bond acceptors (Lipinski definition) is 1. The lowest BCUT2D eigenvalue weighted by Crippen LogP contribution is -2.29. The lowest BCUT2D eigenvalue weighted by atomic mass is 9.67. The van der Waals surface area contributed by atoms with E-state index >= 15 is 0 Å². The molecule has 120 valence electrons. The Morgan fingerprint density at radius 2 is 1.24 bits per heavy atom. The number of allylic oxidation sites excluding steroid dienone is 2. The lowest BCUT2D eigenvalue weighted by Gasteiger charge is -2.38. The number of rotatable bonds is 0. The van der Waals surface area contributed by atoms with Crippen LogP contribution in [0, 0.1) is 22.7 Å². The third-order valence-electron chi connectivity index (χ3n) is 5.97. The third kappa shape index (κ3) is 3.99. The lowest BCUT2D eigenvalue weighted by molar-refractivity contribution is -0.117. The SMILES string of the molecule is CC(C)(C)C1CCC(=C2CC(C(C)(C)C)CCC2=O)CC1. The van der Waals surface area contributed by atoms with Crippen LogP contribution >= 0.6 is 0 Å². The van der Waals surface area contributed by atoms with Gasteiger partial charge in [-0.3, -0.25) is 4.79 Å². The van der Waals surface area contributed by atoms with Crippen molar-refractivity contribution in [2.24, 2.45) is 22.7 Å². The third-order valence-corrected chi connectivity index (χ3v) is 5.97. The molecule has 0 aromatic heterocycles. The Labute approximate surface area is 131 Å². The van der Waals surface area contributed by atoms with Gasteiger partial charge in [0.15, 0.2) is 5.78 Å². The molecule has 0 aliphatic heterocycles. The van der Waals surface area contributed by atoms with Gasteiger partial charge in [0, 0.05) is 6.42 Å². The normalized spacial score (nSPS) is 29.0. The molecule has 0 radical (unpaired) electrons. The monoisotopic (exact) mass is 290 g/mol.